The Morgan fingerprint density at radius 3 is 2.45 bits per heavy atom. The Balaban J connectivity index is 2.40. The van der Waals surface area contributed by atoms with E-state index in [1.54, 1.807) is 6.92 Å². The summed E-state index contributed by atoms with van der Waals surface area (Å²) in [5.74, 6) is -1.88. The van der Waals surface area contributed by atoms with E-state index in [1.807, 2.05) is 0 Å². The molecule has 0 atom stereocenters. The Morgan fingerprint density at radius 2 is 1.86 bits per heavy atom. The van der Waals surface area contributed by atoms with Gasteiger partial charge in [0, 0.05) is 18.9 Å². The first-order valence-electron chi connectivity index (χ1n) is 6.68. The Kier molecular flexibility index (Phi) is 6.94. The third kappa shape index (κ3) is 5.86. The molecule has 0 heterocycles. The molecule has 0 aliphatic heterocycles. The van der Waals surface area contributed by atoms with Crippen LogP contribution in [0.2, 0.25) is 0 Å². The Morgan fingerprint density at radius 1 is 1.23 bits per heavy atom. The predicted molar refractivity (Wildman–Crippen MR) is 73.3 cm³/mol. The first-order valence-corrected chi connectivity index (χ1v) is 6.68. The minimum absolute atomic E-state index is 0.0299. The van der Waals surface area contributed by atoms with Crippen molar-refractivity contribution in [1.82, 2.24) is 0 Å². The molecule has 8 heteroatoms. The monoisotopic (exact) mass is 313 g/mol. The van der Waals surface area contributed by atoms with Crippen molar-refractivity contribution in [3.05, 3.63) is 39.7 Å². The number of halogens is 1. The maximum absolute atomic E-state index is 13.1. The molecule has 0 fully saturated rings. The van der Waals surface area contributed by atoms with E-state index in [-0.39, 0.29) is 32.0 Å². The van der Waals surface area contributed by atoms with Gasteiger partial charge in [-0.3, -0.25) is 19.7 Å². The highest BCUT2D eigenvalue weighted by molar-refractivity contribution is 5.72. The maximum Gasteiger partial charge on any atom is 0.306 e. The number of ether oxygens (including phenoxy) is 2. The lowest BCUT2D eigenvalue weighted by molar-refractivity contribution is -0.387. The molecule has 0 amide bonds. The van der Waals surface area contributed by atoms with Crippen molar-refractivity contribution in [3.8, 4) is 0 Å². The average molecular weight is 313 g/mol. The summed E-state index contributed by atoms with van der Waals surface area (Å²) in [6.07, 6.45) is 0.439. The molecule has 0 aliphatic rings. The number of hydrogen-bond donors (Lipinski definition) is 0. The van der Waals surface area contributed by atoms with Crippen molar-refractivity contribution in [2.45, 2.75) is 32.8 Å². The van der Waals surface area contributed by atoms with Gasteiger partial charge in [0.1, 0.15) is 6.61 Å². The smallest absolute Gasteiger partial charge is 0.306 e. The number of nitro benzene ring substituents is 1. The molecule has 1 rings (SSSR count). The number of esters is 2. The van der Waals surface area contributed by atoms with Crippen LogP contribution in [0, 0.1) is 15.9 Å². The van der Waals surface area contributed by atoms with Gasteiger partial charge in [-0.2, -0.15) is 4.39 Å². The fourth-order valence-corrected chi connectivity index (χ4v) is 1.63. The van der Waals surface area contributed by atoms with E-state index in [9.17, 15) is 24.1 Å². The van der Waals surface area contributed by atoms with Crippen LogP contribution >= 0.6 is 0 Å². The van der Waals surface area contributed by atoms with Crippen LogP contribution in [0.4, 0.5) is 10.1 Å². The van der Waals surface area contributed by atoms with Crippen LogP contribution in [0.3, 0.4) is 0 Å². The van der Waals surface area contributed by atoms with Crippen LogP contribution in [0.25, 0.3) is 0 Å². The highest BCUT2D eigenvalue weighted by atomic mass is 19.1. The second kappa shape index (κ2) is 8.71. The second-order valence-corrected chi connectivity index (χ2v) is 4.36. The van der Waals surface area contributed by atoms with E-state index in [1.165, 1.54) is 6.07 Å². The number of carbonyl (C=O) groups is 2. The highest BCUT2D eigenvalue weighted by Crippen LogP contribution is 2.19. The van der Waals surface area contributed by atoms with Gasteiger partial charge in [-0.15, -0.1) is 0 Å². The van der Waals surface area contributed by atoms with E-state index in [4.69, 9.17) is 9.47 Å². The summed E-state index contributed by atoms with van der Waals surface area (Å²) in [7, 11) is 0. The van der Waals surface area contributed by atoms with Crippen LogP contribution in [0.5, 0.6) is 0 Å². The predicted octanol–water partition coefficient (Wildman–Crippen LogP) is 2.51. The molecule has 0 radical (unpaired) electrons. The third-order valence-electron chi connectivity index (χ3n) is 2.67. The molecule has 0 saturated heterocycles. The molecule has 120 valence electrons. The van der Waals surface area contributed by atoms with Crippen LogP contribution in [-0.4, -0.2) is 23.5 Å². The maximum atomic E-state index is 13.1. The first-order chi connectivity index (χ1) is 10.4. The number of carbonyl (C=O) groups excluding carboxylic acids is 2. The fourth-order valence-electron chi connectivity index (χ4n) is 1.63. The summed E-state index contributed by atoms with van der Waals surface area (Å²) in [5.41, 5.74) is -0.359. The summed E-state index contributed by atoms with van der Waals surface area (Å²) >= 11 is 0. The van der Waals surface area contributed by atoms with Gasteiger partial charge in [0.25, 0.3) is 0 Å². The zero-order chi connectivity index (χ0) is 16.5. The van der Waals surface area contributed by atoms with Crippen molar-refractivity contribution < 1.29 is 28.4 Å². The van der Waals surface area contributed by atoms with Crippen LogP contribution in [0.15, 0.2) is 18.2 Å². The van der Waals surface area contributed by atoms with Gasteiger partial charge in [0.05, 0.1) is 11.5 Å². The van der Waals surface area contributed by atoms with Crippen molar-refractivity contribution in [3.63, 3.8) is 0 Å². The Hall–Kier alpha value is -2.51. The molecule has 0 unspecified atom stereocenters. The summed E-state index contributed by atoms with van der Waals surface area (Å²) < 4.78 is 22.7. The van der Waals surface area contributed by atoms with E-state index in [0.29, 0.717) is 12.0 Å². The van der Waals surface area contributed by atoms with Gasteiger partial charge in [-0.25, -0.2) is 0 Å². The molecule has 1 aromatic rings. The van der Waals surface area contributed by atoms with Crippen molar-refractivity contribution in [2.75, 3.05) is 6.61 Å². The number of rotatable bonds is 8. The molecule has 0 saturated carbocycles. The quantitative estimate of drug-likeness (QED) is 0.415. The van der Waals surface area contributed by atoms with Gasteiger partial charge in [0.2, 0.25) is 5.82 Å². The van der Waals surface area contributed by atoms with E-state index in [2.05, 4.69) is 0 Å². The summed E-state index contributed by atoms with van der Waals surface area (Å²) in [4.78, 5) is 32.3. The van der Waals surface area contributed by atoms with E-state index >= 15 is 0 Å². The number of benzene rings is 1. The van der Waals surface area contributed by atoms with Crippen molar-refractivity contribution in [2.24, 2.45) is 0 Å². The van der Waals surface area contributed by atoms with Crippen LogP contribution in [-0.2, 0) is 25.7 Å². The van der Waals surface area contributed by atoms with Gasteiger partial charge < -0.3 is 9.47 Å². The molecule has 0 bridgehead atoms. The third-order valence-corrected chi connectivity index (χ3v) is 2.67. The van der Waals surface area contributed by atoms with E-state index in [0.717, 1.165) is 12.1 Å². The first kappa shape index (κ1) is 17.5. The van der Waals surface area contributed by atoms with Crippen molar-refractivity contribution >= 4 is 17.6 Å². The molecule has 22 heavy (non-hydrogen) atoms. The van der Waals surface area contributed by atoms with Gasteiger partial charge >= 0.3 is 17.6 Å². The minimum Gasteiger partial charge on any atom is -0.466 e. The van der Waals surface area contributed by atoms with Gasteiger partial charge in [0.15, 0.2) is 0 Å². The van der Waals surface area contributed by atoms with Crippen molar-refractivity contribution in [1.29, 1.82) is 0 Å². The molecule has 7 nitrogen and oxygen atoms in total. The van der Waals surface area contributed by atoms with E-state index < -0.39 is 22.4 Å². The SMILES string of the molecule is CCOC(=O)CCCC(=O)OCc1ccc(F)c([N+](=O)[O-])c1. The summed E-state index contributed by atoms with van der Waals surface area (Å²) in [5, 5.41) is 10.6. The number of hydrogen-bond acceptors (Lipinski definition) is 6. The molecule has 0 aromatic heterocycles. The molecular weight excluding hydrogens is 297 g/mol. The van der Waals surface area contributed by atoms with Gasteiger partial charge in [-0.1, -0.05) is 6.07 Å². The second-order valence-electron chi connectivity index (χ2n) is 4.36. The Labute approximate surface area is 126 Å². The molecule has 0 spiro atoms. The largest absolute Gasteiger partial charge is 0.466 e. The number of nitro groups is 1. The Bertz CT molecular complexity index is 560. The minimum atomic E-state index is -0.950. The standard InChI is InChI=1S/C14H16FNO6/c1-2-21-13(17)4-3-5-14(18)22-9-10-6-7-11(15)12(8-10)16(19)20/h6-8H,2-5,9H2,1H3. The topological polar surface area (TPSA) is 95.7 Å². The molecule has 0 aliphatic carbocycles. The fraction of sp³-hybridized carbons (Fsp3) is 0.429. The number of nitrogens with zero attached hydrogens (tertiary/aromatic N) is 1. The van der Waals surface area contributed by atoms with Gasteiger partial charge in [-0.05, 0) is 25.0 Å². The van der Waals surface area contributed by atoms with Crippen LogP contribution in [0.1, 0.15) is 31.7 Å². The zero-order valence-electron chi connectivity index (χ0n) is 12.0. The normalized spacial score (nSPS) is 10.1. The lowest BCUT2D eigenvalue weighted by atomic mass is 10.2. The molecular formula is C14H16FNO6. The highest BCUT2D eigenvalue weighted by Gasteiger charge is 2.15. The molecule has 1 aromatic carbocycles. The lowest BCUT2D eigenvalue weighted by Gasteiger charge is -2.05. The summed E-state index contributed by atoms with van der Waals surface area (Å²) in [6.45, 7) is 1.78. The lowest BCUT2D eigenvalue weighted by Crippen LogP contribution is -2.08. The molecule has 0 N–H and O–H groups in total. The average Bonchev–Trinajstić information content (AvgIpc) is 2.46. The van der Waals surface area contributed by atoms with Crippen LogP contribution < -0.4 is 0 Å². The summed E-state index contributed by atoms with van der Waals surface area (Å²) in [6, 6.07) is 3.26. The zero-order valence-corrected chi connectivity index (χ0v) is 12.0.